The van der Waals surface area contributed by atoms with Crippen LogP contribution < -0.4 is 10.1 Å². The fourth-order valence-electron chi connectivity index (χ4n) is 2.72. The summed E-state index contributed by atoms with van der Waals surface area (Å²) in [4.78, 5) is 20.8. The lowest BCUT2D eigenvalue weighted by Gasteiger charge is -2.06. The minimum Gasteiger partial charge on any atom is -0.497 e. The average Bonchev–Trinajstić information content (AvgIpc) is 3.18. The van der Waals surface area contributed by atoms with Gasteiger partial charge in [0, 0.05) is 18.0 Å². The molecule has 4 rings (SSSR count). The van der Waals surface area contributed by atoms with Gasteiger partial charge in [0.1, 0.15) is 5.75 Å². The first-order valence-electron chi connectivity index (χ1n) is 8.77. The second-order valence-corrected chi connectivity index (χ2v) is 6.54. The van der Waals surface area contributed by atoms with Crippen molar-refractivity contribution in [3.8, 4) is 17.2 Å². The summed E-state index contributed by atoms with van der Waals surface area (Å²) in [5.74, 6) is 0.830. The molecule has 7 heteroatoms. The summed E-state index contributed by atoms with van der Waals surface area (Å²) in [5.41, 5.74) is 3.09. The number of pyridine rings is 1. The van der Waals surface area contributed by atoms with Gasteiger partial charge >= 0.3 is 0 Å². The maximum Gasteiger partial charge on any atom is 0.248 e. The molecule has 29 heavy (non-hydrogen) atoms. The van der Waals surface area contributed by atoms with Gasteiger partial charge in [-0.05, 0) is 54.1 Å². The third-order valence-electron chi connectivity index (χ3n) is 4.17. The smallest absolute Gasteiger partial charge is 0.248 e. The molecule has 0 aliphatic carbocycles. The van der Waals surface area contributed by atoms with E-state index in [1.165, 1.54) is 6.08 Å². The molecule has 1 amide bonds. The van der Waals surface area contributed by atoms with E-state index >= 15 is 0 Å². The second kappa shape index (κ2) is 8.16. The van der Waals surface area contributed by atoms with Crippen LogP contribution in [0.5, 0.6) is 5.75 Å². The number of fused-ring (bicyclic) bond motifs is 1. The number of ether oxygens (including phenoxy) is 1. The zero-order chi connectivity index (χ0) is 20.2. The van der Waals surface area contributed by atoms with Gasteiger partial charge in [-0.1, -0.05) is 23.7 Å². The number of aromatic nitrogens is 2. The highest BCUT2D eigenvalue weighted by molar-refractivity contribution is 6.33. The quantitative estimate of drug-likeness (QED) is 0.461. The molecule has 2 aromatic heterocycles. The lowest BCUT2D eigenvalue weighted by atomic mass is 10.2. The molecule has 144 valence electrons. The standard InChI is InChI=1S/C22H16ClN3O3/c1-28-16-8-4-14(5-9-16)6-11-20(27)25-15-7-10-18(23)17(13-15)22-26-21-19(29-22)3-2-12-24-21/h2-13H,1H3,(H,25,27)/b11-6+. The van der Waals surface area contributed by atoms with Gasteiger partial charge in [0.15, 0.2) is 11.2 Å². The molecule has 0 saturated carbocycles. The number of hydrogen-bond donors (Lipinski definition) is 1. The van der Waals surface area contributed by atoms with Crippen LogP contribution >= 0.6 is 11.6 Å². The molecule has 6 nitrogen and oxygen atoms in total. The number of carbonyl (C=O) groups excluding carboxylic acids is 1. The van der Waals surface area contributed by atoms with Gasteiger partial charge in [0.2, 0.25) is 11.8 Å². The zero-order valence-electron chi connectivity index (χ0n) is 15.4. The molecular formula is C22H16ClN3O3. The van der Waals surface area contributed by atoms with Crippen molar-refractivity contribution in [1.29, 1.82) is 0 Å². The van der Waals surface area contributed by atoms with Crippen molar-refractivity contribution in [3.63, 3.8) is 0 Å². The molecule has 0 radical (unpaired) electrons. The first kappa shape index (κ1) is 18.7. The number of amides is 1. The Bertz CT molecular complexity index is 1170. The number of nitrogens with one attached hydrogen (secondary N) is 1. The van der Waals surface area contributed by atoms with Crippen LogP contribution in [-0.2, 0) is 4.79 Å². The minimum absolute atomic E-state index is 0.270. The Morgan fingerprint density at radius 1 is 1.17 bits per heavy atom. The predicted octanol–water partition coefficient (Wildman–Crippen LogP) is 5.20. The van der Waals surface area contributed by atoms with Crippen molar-refractivity contribution in [2.45, 2.75) is 0 Å². The molecule has 0 atom stereocenters. The van der Waals surface area contributed by atoms with Crippen LogP contribution in [0.3, 0.4) is 0 Å². The van der Waals surface area contributed by atoms with Gasteiger partial charge in [0.05, 0.1) is 17.7 Å². The van der Waals surface area contributed by atoms with Gasteiger partial charge < -0.3 is 14.5 Å². The molecule has 2 aromatic carbocycles. The second-order valence-electron chi connectivity index (χ2n) is 6.13. The molecule has 0 unspecified atom stereocenters. The molecule has 0 aliphatic heterocycles. The summed E-state index contributed by atoms with van der Waals surface area (Å²) >= 11 is 6.30. The van der Waals surface area contributed by atoms with Crippen LogP contribution in [0.4, 0.5) is 5.69 Å². The average molecular weight is 406 g/mol. The summed E-state index contributed by atoms with van der Waals surface area (Å²) in [6, 6.07) is 16.1. The van der Waals surface area contributed by atoms with Crippen LogP contribution in [0.1, 0.15) is 5.56 Å². The molecule has 0 saturated heterocycles. The van der Waals surface area contributed by atoms with Gasteiger partial charge in [-0.3, -0.25) is 4.79 Å². The minimum atomic E-state index is -0.270. The third kappa shape index (κ3) is 4.28. The van der Waals surface area contributed by atoms with E-state index < -0.39 is 0 Å². The van der Waals surface area contributed by atoms with Crippen molar-refractivity contribution >= 4 is 40.5 Å². The SMILES string of the molecule is COc1ccc(/C=C/C(=O)Nc2ccc(Cl)c(-c3nc4ncccc4o3)c2)cc1. The number of rotatable bonds is 5. The van der Waals surface area contributed by atoms with Crippen LogP contribution in [-0.4, -0.2) is 23.0 Å². The van der Waals surface area contributed by atoms with Gasteiger partial charge in [0.25, 0.3) is 0 Å². The van der Waals surface area contributed by atoms with E-state index in [0.29, 0.717) is 33.4 Å². The zero-order valence-corrected chi connectivity index (χ0v) is 16.2. The summed E-state index contributed by atoms with van der Waals surface area (Å²) in [6.45, 7) is 0. The summed E-state index contributed by atoms with van der Waals surface area (Å²) in [6.07, 6.45) is 4.82. The van der Waals surface area contributed by atoms with Crippen molar-refractivity contribution in [2.75, 3.05) is 12.4 Å². The molecule has 1 N–H and O–H groups in total. The van der Waals surface area contributed by atoms with Crippen molar-refractivity contribution in [3.05, 3.63) is 77.5 Å². The number of nitrogens with zero attached hydrogens (tertiary/aromatic N) is 2. The van der Waals surface area contributed by atoms with E-state index in [1.54, 1.807) is 49.7 Å². The van der Waals surface area contributed by atoms with Crippen molar-refractivity contribution < 1.29 is 13.9 Å². The van der Waals surface area contributed by atoms with Gasteiger partial charge in [-0.15, -0.1) is 0 Å². The Labute approximate surface area is 171 Å². The monoisotopic (exact) mass is 405 g/mol. The number of carbonyl (C=O) groups is 1. The Balaban J connectivity index is 1.52. The van der Waals surface area contributed by atoms with Gasteiger partial charge in [-0.2, -0.15) is 4.98 Å². The number of halogens is 1. The number of anilines is 1. The van der Waals surface area contributed by atoms with Crippen molar-refractivity contribution in [2.24, 2.45) is 0 Å². The number of oxazole rings is 1. The highest BCUT2D eigenvalue weighted by Gasteiger charge is 2.13. The highest BCUT2D eigenvalue weighted by Crippen LogP contribution is 2.31. The fourth-order valence-corrected chi connectivity index (χ4v) is 2.92. The molecule has 2 heterocycles. The lowest BCUT2D eigenvalue weighted by molar-refractivity contribution is -0.111. The normalized spacial score (nSPS) is 11.1. The van der Waals surface area contributed by atoms with Crippen molar-refractivity contribution in [1.82, 2.24) is 9.97 Å². The third-order valence-corrected chi connectivity index (χ3v) is 4.50. The molecule has 0 spiro atoms. The van der Waals surface area contributed by atoms with Crippen LogP contribution in [0, 0.1) is 0 Å². The summed E-state index contributed by atoms with van der Waals surface area (Å²) in [7, 11) is 1.61. The van der Waals surface area contributed by atoms with E-state index in [2.05, 4.69) is 15.3 Å². The Morgan fingerprint density at radius 3 is 2.76 bits per heavy atom. The van der Waals surface area contributed by atoms with Crippen LogP contribution in [0.15, 0.2) is 71.3 Å². The maximum atomic E-state index is 12.3. The number of methoxy groups -OCH3 is 1. The number of hydrogen-bond acceptors (Lipinski definition) is 5. The first-order chi connectivity index (χ1) is 14.1. The molecule has 0 bridgehead atoms. The fraction of sp³-hybridized carbons (Fsp3) is 0.0455. The topological polar surface area (TPSA) is 77.2 Å². The highest BCUT2D eigenvalue weighted by atomic mass is 35.5. The van der Waals surface area contributed by atoms with E-state index in [0.717, 1.165) is 11.3 Å². The van der Waals surface area contributed by atoms with E-state index in [9.17, 15) is 4.79 Å². The Hall–Kier alpha value is -3.64. The van der Waals surface area contributed by atoms with Gasteiger partial charge in [-0.25, -0.2) is 4.98 Å². The summed E-state index contributed by atoms with van der Waals surface area (Å²) in [5, 5.41) is 3.27. The van der Waals surface area contributed by atoms with Crippen LogP contribution in [0.2, 0.25) is 5.02 Å². The van der Waals surface area contributed by atoms with E-state index in [-0.39, 0.29) is 5.91 Å². The predicted molar refractivity (Wildman–Crippen MR) is 113 cm³/mol. The molecular weight excluding hydrogens is 390 g/mol. The maximum absolute atomic E-state index is 12.3. The lowest BCUT2D eigenvalue weighted by Crippen LogP contribution is -2.07. The van der Waals surface area contributed by atoms with E-state index in [4.69, 9.17) is 20.8 Å². The largest absolute Gasteiger partial charge is 0.497 e. The molecule has 0 aliphatic rings. The summed E-state index contributed by atoms with van der Waals surface area (Å²) < 4.78 is 10.8. The molecule has 4 aromatic rings. The Morgan fingerprint density at radius 2 is 2.00 bits per heavy atom. The van der Waals surface area contributed by atoms with Crippen LogP contribution in [0.25, 0.3) is 28.8 Å². The molecule has 0 fully saturated rings. The first-order valence-corrected chi connectivity index (χ1v) is 9.15. The number of benzene rings is 2. The van der Waals surface area contributed by atoms with E-state index in [1.807, 2.05) is 24.3 Å². The Kier molecular flexibility index (Phi) is 5.27.